The Balaban J connectivity index is 2.19. The van der Waals surface area contributed by atoms with E-state index in [4.69, 9.17) is 0 Å². The van der Waals surface area contributed by atoms with E-state index in [1.54, 1.807) is 0 Å². The Morgan fingerprint density at radius 2 is 2.46 bits per heavy atom. The maximum Gasteiger partial charge on any atom is 0.0810 e. The van der Waals surface area contributed by atoms with Crippen molar-refractivity contribution in [2.24, 2.45) is 5.92 Å². The number of hydrogen-bond acceptors (Lipinski definition) is 2. The van der Waals surface area contributed by atoms with Crippen molar-refractivity contribution in [1.82, 2.24) is 15.1 Å². The molecule has 3 nitrogen and oxygen atoms in total. The average molecular weight is 179 g/mol. The fourth-order valence-electron chi connectivity index (χ4n) is 1.80. The highest BCUT2D eigenvalue weighted by molar-refractivity contribution is 5.25. The summed E-state index contributed by atoms with van der Waals surface area (Å²) in [5, 5.41) is 7.91. The summed E-state index contributed by atoms with van der Waals surface area (Å²) in [5.74, 6) is 0.670. The minimum absolute atomic E-state index is 0.482. The van der Waals surface area contributed by atoms with Gasteiger partial charge in [0.15, 0.2) is 0 Å². The number of nitrogens with zero attached hydrogens (tertiary/aromatic N) is 2. The molecule has 2 heterocycles. The van der Waals surface area contributed by atoms with Crippen molar-refractivity contribution < 1.29 is 0 Å². The fourth-order valence-corrected chi connectivity index (χ4v) is 1.80. The molecule has 13 heavy (non-hydrogen) atoms. The summed E-state index contributed by atoms with van der Waals surface area (Å²) in [6, 6.07) is 0.482. The molecule has 1 atom stereocenters. The molecule has 1 unspecified atom stereocenters. The molecule has 0 amide bonds. The number of fused-ring (bicyclic) bond motifs is 1. The van der Waals surface area contributed by atoms with Crippen LogP contribution in [0.15, 0.2) is 6.20 Å². The summed E-state index contributed by atoms with van der Waals surface area (Å²) in [5.41, 5.74) is 2.61. The second-order valence-electron chi connectivity index (χ2n) is 4.25. The maximum atomic E-state index is 4.54. The molecule has 0 bridgehead atoms. The van der Waals surface area contributed by atoms with Crippen LogP contribution in [0, 0.1) is 5.92 Å². The van der Waals surface area contributed by atoms with E-state index in [1.807, 2.05) is 0 Å². The Morgan fingerprint density at radius 3 is 3.08 bits per heavy atom. The largest absolute Gasteiger partial charge is 0.304 e. The third-order valence-corrected chi connectivity index (χ3v) is 2.46. The van der Waals surface area contributed by atoms with Crippen LogP contribution in [0.5, 0.6) is 0 Å². The van der Waals surface area contributed by atoms with Crippen LogP contribution in [0.4, 0.5) is 0 Å². The zero-order valence-electron chi connectivity index (χ0n) is 8.54. The van der Waals surface area contributed by atoms with E-state index in [-0.39, 0.29) is 0 Å². The highest BCUT2D eigenvalue weighted by Gasteiger charge is 2.21. The Labute approximate surface area is 79.1 Å². The van der Waals surface area contributed by atoms with Crippen molar-refractivity contribution in [2.45, 2.75) is 39.9 Å². The molecule has 0 spiro atoms. The molecule has 2 rings (SSSR count). The predicted octanol–water partition coefficient (Wildman–Crippen LogP) is 1.70. The molecule has 0 saturated carbocycles. The molecule has 0 aromatic carbocycles. The fraction of sp³-hybridized carbons (Fsp3) is 0.700. The highest BCUT2D eigenvalue weighted by atomic mass is 15.3. The van der Waals surface area contributed by atoms with Crippen molar-refractivity contribution >= 4 is 0 Å². The zero-order valence-corrected chi connectivity index (χ0v) is 8.54. The van der Waals surface area contributed by atoms with Gasteiger partial charge in [0.05, 0.1) is 5.69 Å². The van der Waals surface area contributed by atoms with Crippen LogP contribution in [-0.2, 0) is 13.1 Å². The van der Waals surface area contributed by atoms with Crippen LogP contribution >= 0.6 is 0 Å². The van der Waals surface area contributed by atoms with Gasteiger partial charge in [0.1, 0.15) is 0 Å². The van der Waals surface area contributed by atoms with E-state index < -0.39 is 0 Å². The molecule has 0 radical (unpaired) electrons. The molecular formula is C10H17N3. The van der Waals surface area contributed by atoms with Gasteiger partial charge in [0.25, 0.3) is 0 Å². The van der Waals surface area contributed by atoms with Crippen LogP contribution in [0.25, 0.3) is 0 Å². The van der Waals surface area contributed by atoms with Gasteiger partial charge in [0, 0.05) is 30.9 Å². The van der Waals surface area contributed by atoms with Crippen LogP contribution in [0.2, 0.25) is 0 Å². The summed E-state index contributed by atoms with van der Waals surface area (Å²) in [4.78, 5) is 0. The lowest BCUT2D eigenvalue weighted by Crippen LogP contribution is -2.11. The lowest BCUT2D eigenvalue weighted by molar-refractivity contribution is 0.473. The standard InChI is InChI=1S/C10H17N3/c1-7(2)5-13-6-9-8(3)11-4-10(9)12-13/h6-8,11H,4-5H2,1-3H3. The maximum absolute atomic E-state index is 4.54. The van der Waals surface area contributed by atoms with E-state index >= 15 is 0 Å². The molecule has 0 fully saturated rings. The number of hydrogen-bond donors (Lipinski definition) is 1. The highest BCUT2D eigenvalue weighted by Crippen LogP contribution is 2.23. The minimum atomic E-state index is 0.482. The van der Waals surface area contributed by atoms with E-state index in [2.05, 4.69) is 42.1 Å². The third-order valence-electron chi connectivity index (χ3n) is 2.46. The van der Waals surface area contributed by atoms with Gasteiger partial charge in [-0.25, -0.2) is 0 Å². The first kappa shape index (κ1) is 8.75. The number of aromatic nitrogens is 2. The molecule has 1 aliphatic heterocycles. The van der Waals surface area contributed by atoms with Gasteiger partial charge in [-0.1, -0.05) is 13.8 Å². The van der Waals surface area contributed by atoms with Crippen molar-refractivity contribution in [3.63, 3.8) is 0 Å². The van der Waals surface area contributed by atoms with Crippen LogP contribution in [0.1, 0.15) is 38.1 Å². The van der Waals surface area contributed by atoms with Crippen molar-refractivity contribution in [3.05, 3.63) is 17.5 Å². The molecule has 72 valence electrons. The molecule has 1 N–H and O–H groups in total. The van der Waals surface area contributed by atoms with Crippen molar-refractivity contribution in [3.8, 4) is 0 Å². The second kappa shape index (κ2) is 3.14. The Hall–Kier alpha value is -0.830. The predicted molar refractivity (Wildman–Crippen MR) is 52.3 cm³/mol. The molecule has 0 aliphatic carbocycles. The van der Waals surface area contributed by atoms with Crippen LogP contribution < -0.4 is 5.32 Å². The van der Waals surface area contributed by atoms with Crippen molar-refractivity contribution in [1.29, 1.82) is 0 Å². The quantitative estimate of drug-likeness (QED) is 0.749. The van der Waals surface area contributed by atoms with E-state index in [9.17, 15) is 0 Å². The molecule has 1 aliphatic rings. The minimum Gasteiger partial charge on any atom is -0.304 e. The van der Waals surface area contributed by atoms with Gasteiger partial charge in [-0.3, -0.25) is 4.68 Å². The third kappa shape index (κ3) is 1.61. The topological polar surface area (TPSA) is 29.9 Å². The lowest BCUT2D eigenvalue weighted by atomic mass is 10.2. The summed E-state index contributed by atoms with van der Waals surface area (Å²) in [7, 11) is 0. The summed E-state index contributed by atoms with van der Waals surface area (Å²) in [6.45, 7) is 8.58. The van der Waals surface area contributed by atoms with Gasteiger partial charge in [-0.05, 0) is 12.8 Å². The molecule has 1 aromatic heterocycles. The van der Waals surface area contributed by atoms with Crippen LogP contribution in [-0.4, -0.2) is 9.78 Å². The van der Waals surface area contributed by atoms with Crippen molar-refractivity contribution in [2.75, 3.05) is 0 Å². The van der Waals surface area contributed by atoms with Gasteiger partial charge in [-0.2, -0.15) is 5.10 Å². The van der Waals surface area contributed by atoms with Crippen LogP contribution in [0.3, 0.4) is 0 Å². The van der Waals surface area contributed by atoms with Gasteiger partial charge < -0.3 is 5.32 Å². The number of nitrogens with one attached hydrogen (secondary N) is 1. The van der Waals surface area contributed by atoms with E-state index in [1.165, 1.54) is 11.3 Å². The van der Waals surface area contributed by atoms with Gasteiger partial charge >= 0.3 is 0 Å². The Kier molecular flexibility index (Phi) is 2.12. The SMILES string of the molecule is CC(C)Cn1cc2c(n1)CNC2C. The summed E-state index contributed by atoms with van der Waals surface area (Å²) >= 11 is 0. The smallest absolute Gasteiger partial charge is 0.0810 e. The Morgan fingerprint density at radius 1 is 1.69 bits per heavy atom. The second-order valence-corrected chi connectivity index (χ2v) is 4.25. The molecule has 3 heteroatoms. The number of rotatable bonds is 2. The lowest BCUT2D eigenvalue weighted by Gasteiger charge is -2.06. The summed E-state index contributed by atoms with van der Waals surface area (Å²) < 4.78 is 2.08. The first-order valence-corrected chi connectivity index (χ1v) is 4.96. The normalized spacial score (nSPS) is 21.1. The van der Waals surface area contributed by atoms with Gasteiger partial charge in [0.2, 0.25) is 0 Å². The monoisotopic (exact) mass is 179 g/mol. The molecular weight excluding hydrogens is 162 g/mol. The average Bonchev–Trinajstić information content (AvgIpc) is 2.53. The summed E-state index contributed by atoms with van der Waals surface area (Å²) in [6.07, 6.45) is 2.18. The zero-order chi connectivity index (χ0) is 9.42. The first-order valence-electron chi connectivity index (χ1n) is 4.96. The van der Waals surface area contributed by atoms with E-state index in [0.29, 0.717) is 12.0 Å². The molecule has 1 aromatic rings. The molecule has 0 saturated heterocycles. The van der Waals surface area contributed by atoms with E-state index in [0.717, 1.165) is 13.1 Å². The Bertz CT molecular complexity index is 301. The first-order chi connectivity index (χ1) is 6.16. The van der Waals surface area contributed by atoms with Gasteiger partial charge in [-0.15, -0.1) is 0 Å².